The fourth-order valence-electron chi connectivity index (χ4n) is 2.06. The molecule has 0 saturated heterocycles. The van der Waals surface area contributed by atoms with E-state index in [2.05, 4.69) is 16.3 Å². The number of ether oxygens (including phenoxy) is 1. The number of aromatic nitrogens is 2. The number of para-hydroxylation sites is 1. The van der Waals surface area contributed by atoms with E-state index in [4.69, 9.17) is 20.8 Å². The van der Waals surface area contributed by atoms with Crippen molar-refractivity contribution in [3.63, 3.8) is 0 Å². The number of fused-ring (bicyclic) bond motifs is 1. The Morgan fingerprint density at radius 2 is 2.17 bits per heavy atom. The van der Waals surface area contributed by atoms with Crippen LogP contribution in [0.15, 0.2) is 28.7 Å². The van der Waals surface area contributed by atoms with Gasteiger partial charge in [-0.1, -0.05) is 18.2 Å². The highest BCUT2D eigenvalue weighted by molar-refractivity contribution is 6.20. The van der Waals surface area contributed by atoms with Crippen molar-refractivity contribution in [3.05, 3.63) is 41.6 Å². The number of rotatable bonds is 2. The maximum Gasteiger partial charge on any atom is 0.234 e. The minimum Gasteiger partial charge on any atom is -0.492 e. The lowest BCUT2D eigenvalue weighted by Gasteiger charge is -2.22. The highest BCUT2D eigenvalue weighted by Crippen LogP contribution is 2.32. The monoisotopic (exact) mass is 264 g/mol. The van der Waals surface area contributed by atoms with Gasteiger partial charge in [-0.15, -0.1) is 21.8 Å². The molecule has 5 heteroatoms. The summed E-state index contributed by atoms with van der Waals surface area (Å²) in [7, 11) is 0. The van der Waals surface area contributed by atoms with Crippen molar-refractivity contribution in [2.75, 3.05) is 6.61 Å². The van der Waals surface area contributed by atoms with Gasteiger partial charge in [0.05, 0.1) is 5.92 Å². The number of benzene rings is 1. The van der Waals surface area contributed by atoms with Crippen molar-refractivity contribution >= 4 is 11.6 Å². The molecule has 1 aliphatic rings. The molecule has 2 unspecified atom stereocenters. The molecular weight excluding hydrogens is 252 g/mol. The molecule has 4 nitrogen and oxygen atoms in total. The van der Waals surface area contributed by atoms with Crippen molar-refractivity contribution in [1.82, 2.24) is 10.2 Å². The zero-order chi connectivity index (χ0) is 12.5. The highest BCUT2D eigenvalue weighted by atomic mass is 35.5. The third-order valence-corrected chi connectivity index (χ3v) is 3.21. The highest BCUT2D eigenvalue weighted by Gasteiger charge is 2.26. The summed E-state index contributed by atoms with van der Waals surface area (Å²) < 4.78 is 11.3. The Morgan fingerprint density at radius 3 is 2.94 bits per heavy atom. The molecule has 1 aromatic heterocycles. The number of alkyl halides is 1. The van der Waals surface area contributed by atoms with Crippen LogP contribution in [0.1, 0.15) is 35.6 Å². The molecule has 0 saturated carbocycles. The molecule has 3 rings (SSSR count). The van der Waals surface area contributed by atoms with E-state index >= 15 is 0 Å². The van der Waals surface area contributed by atoms with E-state index < -0.39 is 0 Å². The molecule has 1 aliphatic heterocycles. The smallest absolute Gasteiger partial charge is 0.234 e. The standard InChI is InChI=1S/C13H13ClN2O2/c1-8(14)12-15-16-13(18-12)10-6-9-4-2-3-5-11(9)17-7-10/h2-5,8,10H,6-7H2,1H3. The molecule has 1 aromatic carbocycles. The molecule has 0 bridgehead atoms. The quantitative estimate of drug-likeness (QED) is 0.782. The van der Waals surface area contributed by atoms with Gasteiger partial charge in [-0.25, -0.2) is 0 Å². The molecular formula is C13H13ClN2O2. The Bertz CT molecular complexity index is 553. The van der Waals surface area contributed by atoms with Gasteiger partial charge in [-0.05, 0) is 25.0 Å². The van der Waals surface area contributed by atoms with Crippen LogP contribution in [0.2, 0.25) is 0 Å². The lowest BCUT2D eigenvalue weighted by molar-refractivity contribution is 0.239. The van der Waals surface area contributed by atoms with Crippen molar-refractivity contribution in [2.24, 2.45) is 0 Å². The Labute approximate surface area is 110 Å². The molecule has 0 N–H and O–H groups in total. The summed E-state index contributed by atoms with van der Waals surface area (Å²) in [5.41, 5.74) is 1.17. The summed E-state index contributed by atoms with van der Waals surface area (Å²) in [6.07, 6.45) is 0.856. The molecule has 94 valence electrons. The van der Waals surface area contributed by atoms with E-state index in [0.29, 0.717) is 18.4 Å². The molecule has 0 amide bonds. The van der Waals surface area contributed by atoms with Gasteiger partial charge in [0.1, 0.15) is 17.7 Å². The number of nitrogens with zero attached hydrogens (tertiary/aromatic N) is 2. The summed E-state index contributed by atoms with van der Waals surface area (Å²) >= 11 is 5.91. The predicted molar refractivity (Wildman–Crippen MR) is 66.9 cm³/mol. The topological polar surface area (TPSA) is 48.2 Å². The second-order valence-electron chi connectivity index (χ2n) is 4.41. The van der Waals surface area contributed by atoms with Crippen LogP contribution in [0.4, 0.5) is 0 Å². The normalized spacial score (nSPS) is 20.0. The van der Waals surface area contributed by atoms with Gasteiger partial charge in [0.25, 0.3) is 0 Å². The van der Waals surface area contributed by atoms with Gasteiger partial charge in [0.15, 0.2) is 0 Å². The van der Waals surface area contributed by atoms with Gasteiger partial charge in [-0.3, -0.25) is 0 Å². The Balaban J connectivity index is 1.83. The van der Waals surface area contributed by atoms with E-state index in [1.54, 1.807) is 0 Å². The van der Waals surface area contributed by atoms with Crippen molar-refractivity contribution < 1.29 is 9.15 Å². The summed E-state index contributed by atoms with van der Waals surface area (Å²) in [6, 6.07) is 8.01. The van der Waals surface area contributed by atoms with Crippen LogP contribution in [-0.2, 0) is 6.42 Å². The first-order chi connectivity index (χ1) is 8.74. The van der Waals surface area contributed by atoms with E-state index in [1.807, 2.05) is 25.1 Å². The molecule has 2 aromatic rings. The number of halogens is 1. The maximum absolute atomic E-state index is 5.91. The van der Waals surface area contributed by atoms with Crippen LogP contribution in [0, 0.1) is 0 Å². The van der Waals surface area contributed by atoms with Crippen LogP contribution in [0.25, 0.3) is 0 Å². The zero-order valence-corrected chi connectivity index (χ0v) is 10.7. The van der Waals surface area contributed by atoms with Gasteiger partial charge in [0, 0.05) is 0 Å². The maximum atomic E-state index is 5.91. The van der Waals surface area contributed by atoms with Crippen molar-refractivity contribution in [2.45, 2.75) is 24.6 Å². The first-order valence-corrected chi connectivity index (χ1v) is 6.36. The fourth-order valence-corrected chi connectivity index (χ4v) is 2.15. The minimum atomic E-state index is -0.261. The average Bonchev–Trinajstić information content (AvgIpc) is 2.88. The van der Waals surface area contributed by atoms with Crippen LogP contribution in [-0.4, -0.2) is 16.8 Å². The first-order valence-electron chi connectivity index (χ1n) is 5.92. The Hall–Kier alpha value is -1.55. The minimum absolute atomic E-state index is 0.108. The van der Waals surface area contributed by atoms with Crippen LogP contribution < -0.4 is 4.74 Å². The SMILES string of the molecule is CC(Cl)c1nnc(C2COc3ccccc3C2)o1. The lowest BCUT2D eigenvalue weighted by Crippen LogP contribution is -2.19. The van der Waals surface area contributed by atoms with Gasteiger partial charge < -0.3 is 9.15 Å². The third kappa shape index (κ3) is 2.08. The van der Waals surface area contributed by atoms with Gasteiger partial charge >= 0.3 is 0 Å². The molecule has 0 radical (unpaired) electrons. The third-order valence-electron chi connectivity index (χ3n) is 3.02. The molecule has 0 spiro atoms. The summed E-state index contributed by atoms with van der Waals surface area (Å²) in [5, 5.41) is 7.73. The van der Waals surface area contributed by atoms with Crippen molar-refractivity contribution in [3.8, 4) is 5.75 Å². The summed E-state index contributed by atoms with van der Waals surface area (Å²) in [4.78, 5) is 0. The lowest BCUT2D eigenvalue weighted by atomic mass is 9.97. The van der Waals surface area contributed by atoms with E-state index in [9.17, 15) is 0 Å². The van der Waals surface area contributed by atoms with Crippen molar-refractivity contribution in [1.29, 1.82) is 0 Å². The van der Waals surface area contributed by atoms with Crippen LogP contribution in [0.5, 0.6) is 5.75 Å². The Morgan fingerprint density at radius 1 is 1.33 bits per heavy atom. The van der Waals surface area contributed by atoms with Gasteiger partial charge in [0.2, 0.25) is 11.8 Å². The van der Waals surface area contributed by atoms with Gasteiger partial charge in [-0.2, -0.15) is 0 Å². The molecule has 2 heterocycles. The first kappa shape index (κ1) is 11.5. The van der Waals surface area contributed by atoms with Crippen LogP contribution in [0.3, 0.4) is 0 Å². The molecule has 18 heavy (non-hydrogen) atoms. The summed E-state index contributed by atoms with van der Waals surface area (Å²) in [5.74, 6) is 2.12. The fraction of sp³-hybridized carbons (Fsp3) is 0.385. The largest absolute Gasteiger partial charge is 0.492 e. The van der Waals surface area contributed by atoms with E-state index in [-0.39, 0.29) is 11.3 Å². The second-order valence-corrected chi connectivity index (χ2v) is 5.07. The molecule has 2 atom stereocenters. The zero-order valence-electron chi connectivity index (χ0n) is 9.97. The summed E-state index contributed by atoms with van der Waals surface area (Å²) in [6.45, 7) is 2.38. The van der Waals surface area contributed by atoms with E-state index in [1.165, 1.54) is 5.56 Å². The number of hydrogen-bond donors (Lipinski definition) is 0. The predicted octanol–water partition coefficient (Wildman–Crippen LogP) is 3.09. The van der Waals surface area contributed by atoms with Crippen LogP contribution >= 0.6 is 11.6 Å². The molecule has 0 fully saturated rings. The second kappa shape index (κ2) is 4.61. The Kier molecular flexibility index (Phi) is 2.96. The average molecular weight is 265 g/mol. The number of hydrogen-bond acceptors (Lipinski definition) is 4. The van der Waals surface area contributed by atoms with E-state index in [0.717, 1.165) is 12.2 Å². The molecule has 0 aliphatic carbocycles.